The maximum atomic E-state index is 13.0. The fourth-order valence-corrected chi connectivity index (χ4v) is 4.00. The standard InChI is InChI=1S/C23H26N2O3/c1-16-7-9-18(10-8-16)23(12-13-23)22(28)24-19-11-14-25(15-20(19)26)21(27)17-5-3-2-4-6-17/h2-10,19-20,26H,11-15H2,1H3,(H,24,28)/t19-,20-/m1/s1. The van der Waals surface area contributed by atoms with Gasteiger partial charge in [-0.3, -0.25) is 9.59 Å². The van der Waals surface area contributed by atoms with Gasteiger partial charge in [-0.05, 0) is 43.9 Å². The van der Waals surface area contributed by atoms with E-state index in [1.165, 1.54) is 5.56 Å². The second-order valence-corrected chi connectivity index (χ2v) is 8.00. The number of rotatable bonds is 4. The summed E-state index contributed by atoms with van der Waals surface area (Å²) in [7, 11) is 0. The molecule has 2 N–H and O–H groups in total. The summed E-state index contributed by atoms with van der Waals surface area (Å²) in [5.41, 5.74) is 2.38. The van der Waals surface area contributed by atoms with E-state index in [9.17, 15) is 14.7 Å². The molecule has 0 unspecified atom stereocenters. The molecule has 1 saturated carbocycles. The first kappa shape index (κ1) is 18.7. The van der Waals surface area contributed by atoms with Crippen molar-refractivity contribution in [3.8, 4) is 0 Å². The van der Waals surface area contributed by atoms with E-state index in [-0.39, 0.29) is 24.4 Å². The van der Waals surface area contributed by atoms with Gasteiger partial charge in [-0.25, -0.2) is 0 Å². The van der Waals surface area contributed by atoms with E-state index >= 15 is 0 Å². The minimum absolute atomic E-state index is 0.0109. The lowest BCUT2D eigenvalue weighted by Crippen LogP contribution is -2.56. The molecule has 4 rings (SSSR count). The van der Waals surface area contributed by atoms with Gasteiger partial charge in [0.2, 0.25) is 5.91 Å². The number of benzene rings is 2. The molecule has 1 heterocycles. The Balaban J connectivity index is 1.38. The Morgan fingerprint density at radius 3 is 2.36 bits per heavy atom. The molecule has 0 bridgehead atoms. The first-order valence-corrected chi connectivity index (χ1v) is 9.90. The molecular formula is C23H26N2O3. The highest BCUT2D eigenvalue weighted by molar-refractivity contribution is 5.94. The molecule has 1 aliphatic heterocycles. The molecule has 1 saturated heterocycles. The summed E-state index contributed by atoms with van der Waals surface area (Å²) in [6.07, 6.45) is 1.46. The second kappa shape index (κ2) is 7.40. The van der Waals surface area contributed by atoms with Crippen molar-refractivity contribution < 1.29 is 14.7 Å². The van der Waals surface area contributed by atoms with E-state index in [1.54, 1.807) is 17.0 Å². The minimum atomic E-state index is -0.765. The van der Waals surface area contributed by atoms with E-state index in [1.807, 2.05) is 49.4 Å². The molecule has 2 fully saturated rings. The smallest absolute Gasteiger partial charge is 0.253 e. The third kappa shape index (κ3) is 3.54. The van der Waals surface area contributed by atoms with E-state index in [2.05, 4.69) is 5.32 Å². The van der Waals surface area contributed by atoms with Crippen LogP contribution in [0.5, 0.6) is 0 Å². The number of carbonyl (C=O) groups is 2. The summed E-state index contributed by atoms with van der Waals surface area (Å²) < 4.78 is 0. The van der Waals surface area contributed by atoms with Crippen LogP contribution in [0.1, 0.15) is 40.7 Å². The number of hydrogen-bond acceptors (Lipinski definition) is 3. The zero-order chi connectivity index (χ0) is 19.7. The van der Waals surface area contributed by atoms with Gasteiger partial charge < -0.3 is 15.3 Å². The van der Waals surface area contributed by atoms with Crippen molar-refractivity contribution in [3.05, 3.63) is 71.3 Å². The Morgan fingerprint density at radius 2 is 1.75 bits per heavy atom. The number of amides is 2. The number of likely N-dealkylation sites (tertiary alicyclic amines) is 1. The normalized spacial score (nSPS) is 23.1. The highest BCUT2D eigenvalue weighted by Crippen LogP contribution is 2.48. The number of aryl methyl sites for hydroxylation is 1. The molecule has 2 atom stereocenters. The zero-order valence-corrected chi connectivity index (χ0v) is 16.1. The number of β-amino-alcohol motifs (C(OH)–C–C–N with tert-alkyl or cyclic N) is 1. The van der Waals surface area contributed by atoms with Crippen molar-refractivity contribution in [1.29, 1.82) is 0 Å². The Bertz CT molecular complexity index is 859. The predicted molar refractivity (Wildman–Crippen MR) is 107 cm³/mol. The van der Waals surface area contributed by atoms with Crippen molar-refractivity contribution in [1.82, 2.24) is 10.2 Å². The lowest BCUT2D eigenvalue weighted by molar-refractivity contribution is -0.125. The molecule has 2 aliphatic rings. The van der Waals surface area contributed by atoms with Gasteiger partial charge in [-0.15, -0.1) is 0 Å². The average Bonchev–Trinajstić information content (AvgIpc) is 3.52. The number of aliphatic hydroxyl groups excluding tert-OH is 1. The highest BCUT2D eigenvalue weighted by Gasteiger charge is 2.52. The Kier molecular flexibility index (Phi) is 4.94. The van der Waals surface area contributed by atoms with Crippen molar-refractivity contribution >= 4 is 11.8 Å². The average molecular weight is 378 g/mol. The van der Waals surface area contributed by atoms with Crippen LogP contribution in [-0.2, 0) is 10.2 Å². The molecule has 5 heteroatoms. The van der Waals surface area contributed by atoms with Crippen LogP contribution in [-0.4, -0.2) is 47.1 Å². The summed E-state index contributed by atoms with van der Waals surface area (Å²) in [4.78, 5) is 27.2. The van der Waals surface area contributed by atoms with Gasteiger partial charge in [-0.2, -0.15) is 0 Å². The largest absolute Gasteiger partial charge is 0.389 e. The number of carbonyl (C=O) groups excluding carboxylic acids is 2. The van der Waals surface area contributed by atoms with Crippen LogP contribution in [0.15, 0.2) is 54.6 Å². The van der Waals surface area contributed by atoms with Gasteiger partial charge in [0.05, 0.1) is 17.6 Å². The van der Waals surface area contributed by atoms with E-state index in [0.717, 1.165) is 18.4 Å². The monoisotopic (exact) mass is 378 g/mol. The van der Waals surface area contributed by atoms with E-state index in [0.29, 0.717) is 18.5 Å². The zero-order valence-electron chi connectivity index (χ0n) is 16.1. The van der Waals surface area contributed by atoms with Crippen LogP contribution in [0.3, 0.4) is 0 Å². The summed E-state index contributed by atoms with van der Waals surface area (Å²) in [5.74, 6) is -0.0917. The molecule has 2 amide bonds. The highest BCUT2D eigenvalue weighted by atomic mass is 16.3. The summed E-state index contributed by atoms with van der Waals surface area (Å²) in [5, 5.41) is 13.6. The molecule has 2 aromatic rings. The van der Waals surface area contributed by atoms with Crippen LogP contribution in [0, 0.1) is 6.92 Å². The molecule has 0 spiro atoms. The van der Waals surface area contributed by atoms with Crippen LogP contribution in [0.4, 0.5) is 0 Å². The topological polar surface area (TPSA) is 69.6 Å². The SMILES string of the molecule is Cc1ccc(C2(C(=O)N[C@@H]3CCN(C(=O)c4ccccc4)C[C@H]3O)CC2)cc1. The molecule has 0 radical (unpaired) electrons. The molecule has 0 aromatic heterocycles. The lowest BCUT2D eigenvalue weighted by atomic mass is 9.92. The summed E-state index contributed by atoms with van der Waals surface area (Å²) in [6.45, 7) is 2.79. The third-order valence-electron chi connectivity index (χ3n) is 6.00. The number of piperidine rings is 1. The Morgan fingerprint density at radius 1 is 1.07 bits per heavy atom. The molecule has 5 nitrogen and oxygen atoms in total. The molecule has 1 aliphatic carbocycles. The van der Waals surface area contributed by atoms with Crippen molar-refractivity contribution in [3.63, 3.8) is 0 Å². The Labute approximate surface area is 165 Å². The van der Waals surface area contributed by atoms with Gasteiger partial charge in [0.25, 0.3) is 5.91 Å². The first-order chi connectivity index (χ1) is 13.5. The lowest BCUT2D eigenvalue weighted by Gasteiger charge is -2.37. The van der Waals surface area contributed by atoms with E-state index < -0.39 is 11.5 Å². The number of nitrogens with zero attached hydrogens (tertiary/aromatic N) is 1. The van der Waals surface area contributed by atoms with Crippen molar-refractivity contribution in [2.24, 2.45) is 0 Å². The number of nitrogens with one attached hydrogen (secondary N) is 1. The van der Waals surface area contributed by atoms with Gasteiger partial charge in [0.1, 0.15) is 0 Å². The predicted octanol–water partition coefficient (Wildman–Crippen LogP) is 2.42. The van der Waals surface area contributed by atoms with Crippen molar-refractivity contribution in [2.45, 2.75) is 43.7 Å². The van der Waals surface area contributed by atoms with Gasteiger partial charge in [0.15, 0.2) is 0 Å². The second-order valence-electron chi connectivity index (χ2n) is 8.00. The molecule has 2 aromatic carbocycles. The molecule has 146 valence electrons. The quantitative estimate of drug-likeness (QED) is 0.858. The summed E-state index contributed by atoms with van der Waals surface area (Å²) in [6, 6.07) is 16.9. The van der Waals surface area contributed by atoms with Crippen LogP contribution < -0.4 is 5.32 Å². The number of hydrogen-bond donors (Lipinski definition) is 2. The van der Waals surface area contributed by atoms with Gasteiger partial charge in [0, 0.05) is 18.7 Å². The number of aliphatic hydroxyl groups is 1. The maximum Gasteiger partial charge on any atom is 0.253 e. The van der Waals surface area contributed by atoms with Gasteiger partial charge in [-0.1, -0.05) is 48.0 Å². The van der Waals surface area contributed by atoms with E-state index in [4.69, 9.17) is 0 Å². The maximum absolute atomic E-state index is 13.0. The minimum Gasteiger partial charge on any atom is -0.389 e. The van der Waals surface area contributed by atoms with Crippen LogP contribution >= 0.6 is 0 Å². The summed E-state index contributed by atoms with van der Waals surface area (Å²) >= 11 is 0. The van der Waals surface area contributed by atoms with Crippen LogP contribution in [0.25, 0.3) is 0 Å². The fraction of sp³-hybridized carbons (Fsp3) is 0.391. The van der Waals surface area contributed by atoms with Crippen LogP contribution in [0.2, 0.25) is 0 Å². The van der Waals surface area contributed by atoms with Crippen molar-refractivity contribution in [2.75, 3.05) is 13.1 Å². The molecule has 28 heavy (non-hydrogen) atoms. The third-order valence-corrected chi connectivity index (χ3v) is 6.00. The fourth-order valence-electron chi connectivity index (χ4n) is 4.00. The Hall–Kier alpha value is -2.66. The van der Waals surface area contributed by atoms with Gasteiger partial charge >= 0.3 is 0 Å². The first-order valence-electron chi connectivity index (χ1n) is 9.90. The molecular weight excluding hydrogens is 352 g/mol.